The van der Waals surface area contributed by atoms with E-state index >= 15 is 0 Å². The average Bonchev–Trinajstić information content (AvgIpc) is 2.38. The Morgan fingerprint density at radius 1 is 1.47 bits per heavy atom. The molecule has 1 aromatic heterocycles. The number of anilines is 2. The number of carbonyl (C=O) groups excluding carboxylic acids is 1. The third kappa shape index (κ3) is 4.20. The number of likely N-dealkylation sites (N-methyl/N-ethyl adjacent to an activating group) is 1. The van der Waals surface area contributed by atoms with E-state index in [1.54, 1.807) is 0 Å². The molecule has 0 saturated heterocycles. The lowest BCUT2D eigenvalue weighted by atomic mass is 10.4. The van der Waals surface area contributed by atoms with Gasteiger partial charge in [0.15, 0.2) is 5.16 Å². The molecule has 1 rings (SSSR count). The Hall–Kier alpha value is -1.63. The first-order valence-electron chi connectivity index (χ1n) is 6.02. The standard InChI is InChI=1S/C12H19N5OS/c1-6-9(18)17(7-2)11-14-10(13-8(3)4)15-12(16-11)19-5/h6,8H,1,7H2,2-5H3,(H,13,14,15,16). The zero-order valence-electron chi connectivity index (χ0n) is 11.7. The minimum absolute atomic E-state index is 0.204. The molecule has 1 aromatic rings. The fraction of sp³-hybridized carbons (Fsp3) is 0.500. The summed E-state index contributed by atoms with van der Waals surface area (Å²) in [5.74, 6) is 0.589. The van der Waals surface area contributed by atoms with Crippen molar-refractivity contribution in [1.82, 2.24) is 15.0 Å². The summed E-state index contributed by atoms with van der Waals surface area (Å²) >= 11 is 1.41. The Balaban J connectivity index is 3.17. The summed E-state index contributed by atoms with van der Waals surface area (Å²) in [5.41, 5.74) is 0. The minimum Gasteiger partial charge on any atom is -0.352 e. The first kappa shape index (κ1) is 15.4. The molecule has 0 unspecified atom stereocenters. The Kier molecular flexibility index (Phi) is 5.75. The van der Waals surface area contributed by atoms with E-state index in [9.17, 15) is 4.79 Å². The van der Waals surface area contributed by atoms with Crippen molar-refractivity contribution in [3.63, 3.8) is 0 Å². The van der Waals surface area contributed by atoms with Gasteiger partial charge in [0.2, 0.25) is 11.9 Å². The molecule has 104 valence electrons. The largest absolute Gasteiger partial charge is 0.352 e. The third-order valence-corrected chi connectivity index (χ3v) is 2.75. The van der Waals surface area contributed by atoms with Crippen LogP contribution in [0.4, 0.5) is 11.9 Å². The van der Waals surface area contributed by atoms with Crippen molar-refractivity contribution in [2.45, 2.75) is 32.0 Å². The molecule has 0 spiro atoms. The van der Waals surface area contributed by atoms with E-state index < -0.39 is 0 Å². The fourth-order valence-electron chi connectivity index (χ4n) is 1.39. The number of carbonyl (C=O) groups is 1. The number of hydrogen-bond acceptors (Lipinski definition) is 6. The summed E-state index contributed by atoms with van der Waals surface area (Å²) in [6.07, 6.45) is 3.13. The molecule has 1 amide bonds. The normalized spacial score (nSPS) is 10.4. The van der Waals surface area contributed by atoms with E-state index in [1.807, 2.05) is 27.0 Å². The van der Waals surface area contributed by atoms with Crippen molar-refractivity contribution < 1.29 is 4.79 Å². The summed E-state index contributed by atoms with van der Waals surface area (Å²) in [6.45, 7) is 9.81. The number of amides is 1. The lowest BCUT2D eigenvalue weighted by Gasteiger charge is -2.18. The molecule has 0 fully saturated rings. The topological polar surface area (TPSA) is 71.0 Å². The van der Waals surface area contributed by atoms with Gasteiger partial charge in [-0.2, -0.15) is 15.0 Å². The minimum atomic E-state index is -0.226. The second-order valence-corrected chi connectivity index (χ2v) is 4.80. The summed E-state index contributed by atoms with van der Waals surface area (Å²) in [4.78, 5) is 26.0. The Bertz CT molecular complexity index is 463. The second-order valence-electron chi connectivity index (χ2n) is 4.03. The van der Waals surface area contributed by atoms with Crippen LogP contribution in [0.15, 0.2) is 17.8 Å². The number of nitrogens with zero attached hydrogens (tertiary/aromatic N) is 4. The third-order valence-electron chi connectivity index (χ3n) is 2.20. The van der Waals surface area contributed by atoms with Crippen molar-refractivity contribution in [2.24, 2.45) is 0 Å². The molecule has 0 radical (unpaired) electrons. The van der Waals surface area contributed by atoms with Gasteiger partial charge in [0.25, 0.3) is 5.91 Å². The van der Waals surface area contributed by atoms with Crippen LogP contribution in [0.1, 0.15) is 20.8 Å². The molecule has 0 aliphatic rings. The van der Waals surface area contributed by atoms with Gasteiger partial charge < -0.3 is 5.32 Å². The molecule has 1 N–H and O–H groups in total. The van der Waals surface area contributed by atoms with Gasteiger partial charge in [-0.15, -0.1) is 0 Å². The molecule has 1 heterocycles. The molecular weight excluding hydrogens is 262 g/mol. The van der Waals surface area contributed by atoms with Crippen LogP contribution in [0.2, 0.25) is 0 Å². The highest BCUT2D eigenvalue weighted by Gasteiger charge is 2.16. The van der Waals surface area contributed by atoms with Gasteiger partial charge in [-0.1, -0.05) is 18.3 Å². The molecule has 0 aliphatic carbocycles. The molecule has 0 aromatic carbocycles. The van der Waals surface area contributed by atoms with Gasteiger partial charge in [-0.3, -0.25) is 9.69 Å². The predicted octanol–water partition coefficient (Wildman–Crippen LogP) is 1.95. The first-order valence-corrected chi connectivity index (χ1v) is 7.24. The SMILES string of the molecule is C=CC(=O)N(CC)c1nc(NC(C)C)nc(SC)n1. The van der Waals surface area contributed by atoms with Gasteiger partial charge in [0.05, 0.1) is 0 Å². The highest BCUT2D eigenvalue weighted by atomic mass is 32.2. The molecule has 6 nitrogen and oxygen atoms in total. The van der Waals surface area contributed by atoms with Crippen molar-refractivity contribution in [3.05, 3.63) is 12.7 Å². The Labute approximate surface area is 117 Å². The van der Waals surface area contributed by atoms with E-state index in [-0.39, 0.29) is 11.9 Å². The number of rotatable bonds is 6. The molecule has 19 heavy (non-hydrogen) atoms. The Morgan fingerprint density at radius 3 is 2.63 bits per heavy atom. The van der Waals surface area contributed by atoms with Crippen LogP contribution in [-0.2, 0) is 4.79 Å². The predicted molar refractivity (Wildman–Crippen MR) is 78.6 cm³/mol. The van der Waals surface area contributed by atoms with E-state index in [1.165, 1.54) is 22.7 Å². The summed E-state index contributed by atoms with van der Waals surface area (Å²) in [6, 6.07) is 0.204. The zero-order chi connectivity index (χ0) is 14.4. The first-order chi connectivity index (χ1) is 9.01. The zero-order valence-corrected chi connectivity index (χ0v) is 12.5. The number of thioether (sulfide) groups is 1. The van der Waals surface area contributed by atoms with E-state index in [0.717, 1.165) is 0 Å². The fourth-order valence-corrected chi connectivity index (χ4v) is 1.74. The lowest BCUT2D eigenvalue weighted by molar-refractivity contribution is -0.114. The van der Waals surface area contributed by atoms with E-state index in [2.05, 4.69) is 26.8 Å². The van der Waals surface area contributed by atoms with Gasteiger partial charge in [-0.05, 0) is 33.1 Å². The van der Waals surface area contributed by atoms with Gasteiger partial charge in [0, 0.05) is 12.6 Å². The summed E-state index contributed by atoms with van der Waals surface area (Å²) < 4.78 is 0. The summed E-state index contributed by atoms with van der Waals surface area (Å²) in [7, 11) is 0. The molecule has 0 aliphatic heterocycles. The number of hydrogen-bond donors (Lipinski definition) is 1. The number of nitrogens with one attached hydrogen (secondary N) is 1. The molecule has 0 atom stereocenters. The van der Waals surface area contributed by atoms with Gasteiger partial charge >= 0.3 is 0 Å². The number of aromatic nitrogens is 3. The lowest BCUT2D eigenvalue weighted by Crippen LogP contribution is -2.31. The molecule has 0 saturated carbocycles. The molecule has 0 bridgehead atoms. The molecule has 7 heteroatoms. The smallest absolute Gasteiger partial charge is 0.252 e. The Morgan fingerprint density at radius 2 is 2.16 bits per heavy atom. The van der Waals surface area contributed by atoms with Crippen molar-refractivity contribution in [1.29, 1.82) is 0 Å². The van der Waals surface area contributed by atoms with Crippen LogP contribution >= 0.6 is 11.8 Å². The average molecular weight is 281 g/mol. The van der Waals surface area contributed by atoms with Crippen LogP contribution < -0.4 is 10.2 Å². The van der Waals surface area contributed by atoms with Crippen LogP contribution in [0.25, 0.3) is 0 Å². The van der Waals surface area contributed by atoms with Gasteiger partial charge in [-0.25, -0.2) is 0 Å². The molecular formula is C12H19N5OS. The van der Waals surface area contributed by atoms with Crippen molar-refractivity contribution in [2.75, 3.05) is 23.0 Å². The van der Waals surface area contributed by atoms with Crippen LogP contribution in [0, 0.1) is 0 Å². The second kappa shape index (κ2) is 7.08. The van der Waals surface area contributed by atoms with E-state index in [0.29, 0.717) is 23.6 Å². The van der Waals surface area contributed by atoms with Gasteiger partial charge in [0.1, 0.15) is 0 Å². The highest BCUT2D eigenvalue weighted by molar-refractivity contribution is 7.98. The van der Waals surface area contributed by atoms with Crippen molar-refractivity contribution in [3.8, 4) is 0 Å². The van der Waals surface area contributed by atoms with Crippen LogP contribution in [-0.4, -0.2) is 39.7 Å². The highest BCUT2D eigenvalue weighted by Crippen LogP contribution is 2.17. The monoisotopic (exact) mass is 281 g/mol. The maximum absolute atomic E-state index is 11.8. The van der Waals surface area contributed by atoms with E-state index in [4.69, 9.17) is 0 Å². The maximum Gasteiger partial charge on any atom is 0.252 e. The van der Waals surface area contributed by atoms with Crippen LogP contribution in [0.3, 0.4) is 0 Å². The quantitative estimate of drug-likeness (QED) is 0.635. The maximum atomic E-state index is 11.8. The van der Waals surface area contributed by atoms with Crippen molar-refractivity contribution >= 4 is 29.6 Å². The van der Waals surface area contributed by atoms with Crippen LogP contribution in [0.5, 0.6) is 0 Å². The summed E-state index contributed by atoms with van der Waals surface area (Å²) in [5, 5.41) is 3.69.